The lowest BCUT2D eigenvalue weighted by Gasteiger charge is -2.20. The van der Waals surface area contributed by atoms with E-state index >= 15 is 0 Å². The van der Waals surface area contributed by atoms with Crippen molar-refractivity contribution in [2.24, 2.45) is 11.1 Å². The van der Waals surface area contributed by atoms with Crippen molar-refractivity contribution in [1.29, 1.82) is 0 Å². The molecular formula is C21H22ClF3N2. The van der Waals surface area contributed by atoms with Crippen molar-refractivity contribution in [3.8, 4) is 11.1 Å². The van der Waals surface area contributed by atoms with Gasteiger partial charge in [-0.15, -0.1) is 0 Å². The molecule has 0 aliphatic carbocycles. The molecule has 1 aromatic heterocycles. The lowest BCUT2D eigenvalue weighted by atomic mass is 9.96. The maximum atomic E-state index is 13.3. The molecule has 144 valence electrons. The van der Waals surface area contributed by atoms with Crippen LogP contribution in [0.4, 0.5) is 13.2 Å². The van der Waals surface area contributed by atoms with Crippen LogP contribution in [0.25, 0.3) is 22.0 Å². The summed E-state index contributed by atoms with van der Waals surface area (Å²) in [7, 11) is 0. The predicted octanol–water partition coefficient (Wildman–Crippen LogP) is 6.57. The molecule has 2 N–H and O–H groups in total. The van der Waals surface area contributed by atoms with Crippen molar-refractivity contribution in [1.82, 2.24) is 4.57 Å². The summed E-state index contributed by atoms with van der Waals surface area (Å²) in [6.45, 7) is 6.69. The highest BCUT2D eigenvalue weighted by Crippen LogP contribution is 2.38. The fourth-order valence-electron chi connectivity index (χ4n) is 3.25. The number of halogens is 4. The zero-order valence-electron chi connectivity index (χ0n) is 15.4. The largest absolute Gasteiger partial charge is 0.407 e. The number of aromatic nitrogens is 1. The monoisotopic (exact) mass is 394 g/mol. The van der Waals surface area contributed by atoms with Crippen molar-refractivity contribution in [2.45, 2.75) is 39.5 Å². The molecule has 1 atom stereocenters. The average molecular weight is 395 g/mol. The summed E-state index contributed by atoms with van der Waals surface area (Å²) in [6.07, 6.45) is -2.97. The van der Waals surface area contributed by atoms with Gasteiger partial charge in [-0.25, -0.2) is 0 Å². The van der Waals surface area contributed by atoms with Crippen LogP contribution < -0.4 is 5.73 Å². The summed E-state index contributed by atoms with van der Waals surface area (Å²) in [5.74, 6) is 0. The van der Waals surface area contributed by atoms with Gasteiger partial charge in [0.25, 0.3) is 0 Å². The van der Waals surface area contributed by atoms with E-state index in [2.05, 4.69) is 0 Å². The summed E-state index contributed by atoms with van der Waals surface area (Å²) >= 11 is 6.30. The van der Waals surface area contributed by atoms with Gasteiger partial charge in [0.15, 0.2) is 0 Å². The Balaban J connectivity index is 2.22. The van der Waals surface area contributed by atoms with Gasteiger partial charge < -0.3 is 10.3 Å². The molecule has 6 heteroatoms. The van der Waals surface area contributed by atoms with Gasteiger partial charge in [0.05, 0.1) is 0 Å². The molecule has 1 heterocycles. The molecule has 0 fully saturated rings. The van der Waals surface area contributed by atoms with Crippen molar-refractivity contribution < 1.29 is 13.2 Å². The second-order valence-corrected chi connectivity index (χ2v) is 8.41. The van der Waals surface area contributed by atoms with Crippen LogP contribution in [0.1, 0.15) is 32.4 Å². The Kier molecular flexibility index (Phi) is 5.04. The van der Waals surface area contributed by atoms with Crippen LogP contribution in [0.3, 0.4) is 0 Å². The van der Waals surface area contributed by atoms with Crippen molar-refractivity contribution in [2.75, 3.05) is 0 Å². The predicted molar refractivity (Wildman–Crippen MR) is 105 cm³/mol. The third kappa shape index (κ3) is 4.14. The van der Waals surface area contributed by atoms with E-state index in [1.165, 1.54) is 6.20 Å². The Morgan fingerprint density at radius 3 is 2.33 bits per heavy atom. The second kappa shape index (κ2) is 6.88. The van der Waals surface area contributed by atoms with Gasteiger partial charge >= 0.3 is 6.18 Å². The van der Waals surface area contributed by atoms with E-state index in [1.807, 2.05) is 49.6 Å². The molecule has 0 spiro atoms. The van der Waals surface area contributed by atoms with Crippen LogP contribution in [0, 0.1) is 5.41 Å². The molecule has 0 bridgehead atoms. The smallest absolute Gasteiger partial charge is 0.347 e. The van der Waals surface area contributed by atoms with Gasteiger partial charge in [-0.2, -0.15) is 13.2 Å². The molecule has 0 aliphatic heterocycles. The van der Waals surface area contributed by atoms with E-state index in [4.69, 9.17) is 17.3 Å². The van der Waals surface area contributed by atoms with Gasteiger partial charge in [0.1, 0.15) is 6.04 Å². The minimum Gasteiger partial charge on any atom is -0.347 e. The van der Waals surface area contributed by atoms with Crippen LogP contribution >= 0.6 is 11.6 Å². The highest BCUT2D eigenvalue weighted by molar-refractivity contribution is 6.33. The molecule has 0 aliphatic rings. The number of nitrogens with zero attached hydrogens (tertiary/aromatic N) is 1. The number of fused-ring (bicyclic) bond motifs is 1. The van der Waals surface area contributed by atoms with Crippen molar-refractivity contribution in [3.05, 3.63) is 59.2 Å². The van der Waals surface area contributed by atoms with Gasteiger partial charge in [-0.1, -0.05) is 62.7 Å². The first-order valence-electron chi connectivity index (χ1n) is 8.67. The van der Waals surface area contributed by atoms with E-state index in [0.29, 0.717) is 17.0 Å². The quantitative estimate of drug-likeness (QED) is 0.535. The summed E-state index contributed by atoms with van der Waals surface area (Å²) in [5.41, 5.74) is 7.93. The van der Waals surface area contributed by atoms with E-state index in [-0.39, 0.29) is 11.0 Å². The average Bonchev–Trinajstić information content (AvgIpc) is 2.89. The van der Waals surface area contributed by atoms with E-state index in [9.17, 15) is 13.2 Å². The van der Waals surface area contributed by atoms with E-state index in [1.54, 1.807) is 18.2 Å². The highest BCUT2D eigenvalue weighted by atomic mass is 35.5. The molecule has 2 nitrogen and oxygen atoms in total. The summed E-state index contributed by atoms with van der Waals surface area (Å²) in [4.78, 5) is 0. The molecule has 27 heavy (non-hydrogen) atoms. The summed E-state index contributed by atoms with van der Waals surface area (Å²) < 4.78 is 41.6. The van der Waals surface area contributed by atoms with Gasteiger partial charge in [-0.3, -0.25) is 0 Å². The Bertz CT molecular complexity index is 968. The molecule has 0 unspecified atom stereocenters. The normalized spacial score (nSPS) is 13.9. The second-order valence-electron chi connectivity index (χ2n) is 8.00. The zero-order chi connectivity index (χ0) is 20.0. The van der Waals surface area contributed by atoms with Crippen LogP contribution in [0.15, 0.2) is 48.7 Å². The Morgan fingerprint density at radius 1 is 1.07 bits per heavy atom. The maximum absolute atomic E-state index is 13.3. The summed E-state index contributed by atoms with van der Waals surface area (Å²) in [6, 6.07) is 10.8. The van der Waals surface area contributed by atoms with E-state index < -0.39 is 12.2 Å². The highest BCUT2D eigenvalue weighted by Gasteiger charge is 2.39. The topological polar surface area (TPSA) is 30.9 Å². The van der Waals surface area contributed by atoms with Gasteiger partial charge in [-0.05, 0) is 23.1 Å². The van der Waals surface area contributed by atoms with Gasteiger partial charge in [0.2, 0.25) is 0 Å². The zero-order valence-corrected chi connectivity index (χ0v) is 16.2. The van der Waals surface area contributed by atoms with Crippen molar-refractivity contribution >= 4 is 22.5 Å². The van der Waals surface area contributed by atoms with Crippen molar-refractivity contribution in [3.63, 3.8) is 0 Å². The standard InChI is InChI=1S/C21H22ClF3N2/c1-20(2,3)12-27-11-16(19(26)21(23,24)25)15-9-8-13(10-18(15)27)14-6-4-5-7-17(14)22/h4-11,19H,12,26H2,1-3H3/t19-/m0/s1. The molecule has 0 radical (unpaired) electrons. The minimum absolute atomic E-state index is 0.0902. The maximum Gasteiger partial charge on any atom is 0.407 e. The first-order chi connectivity index (χ1) is 12.5. The van der Waals surface area contributed by atoms with Crippen LogP contribution in [-0.2, 0) is 6.54 Å². The molecule has 0 amide bonds. The Morgan fingerprint density at radius 2 is 1.74 bits per heavy atom. The lowest BCUT2D eigenvalue weighted by Crippen LogP contribution is -2.28. The van der Waals surface area contributed by atoms with Crippen LogP contribution in [0.5, 0.6) is 0 Å². The number of benzene rings is 2. The van der Waals surface area contributed by atoms with Crippen LogP contribution in [0.2, 0.25) is 5.02 Å². The molecule has 3 aromatic rings. The third-order valence-electron chi connectivity index (χ3n) is 4.43. The molecule has 0 saturated carbocycles. The Hall–Kier alpha value is -1.98. The lowest BCUT2D eigenvalue weighted by molar-refractivity contribution is -0.148. The SMILES string of the molecule is CC(C)(C)Cn1cc([C@H](N)C(F)(F)F)c2ccc(-c3ccccc3Cl)cc21. The van der Waals surface area contributed by atoms with Gasteiger partial charge in [0, 0.05) is 39.8 Å². The first-order valence-corrected chi connectivity index (χ1v) is 9.05. The molecule has 2 aromatic carbocycles. The third-order valence-corrected chi connectivity index (χ3v) is 4.76. The summed E-state index contributed by atoms with van der Waals surface area (Å²) in [5, 5.41) is 1.11. The fraction of sp³-hybridized carbons (Fsp3) is 0.333. The number of rotatable bonds is 3. The fourth-order valence-corrected chi connectivity index (χ4v) is 3.49. The number of hydrogen-bond donors (Lipinski definition) is 1. The molecule has 0 saturated heterocycles. The van der Waals surface area contributed by atoms with E-state index in [0.717, 1.165) is 16.6 Å². The minimum atomic E-state index is -4.50. The Labute approximate surface area is 161 Å². The number of hydrogen-bond acceptors (Lipinski definition) is 1. The first kappa shape index (κ1) is 19.8. The molecular weight excluding hydrogens is 373 g/mol. The van der Waals surface area contributed by atoms with Crippen LogP contribution in [-0.4, -0.2) is 10.7 Å². The number of alkyl halides is 3. The number of nitrogens with two attached hydrogens (primary N) is 1. The molecule has 3 rings (SSSR count).